The SMILES string of the molecule is CN(C)c1ccnc(NC2CCC(NC(=O)c3csc4ccccc34)CC2)n1. The van der Waals surface area contributed by atoms with Gasteiger partial charge in [-0.2, -0.15) is 4.98 Å². The first-order chi connectivity index (χ1) is 13.6. The Morgan fingerprint density at radius 1 is 1.11 bits per heavy atom. The number of hydrogen-bond donors (Lipinski definition) is 2. The van der Waals surface area contributed by atoms with Crippen LogP contribution in [0.5, 0.6) is 0 Å². The molecule has 1 aromatic carbocycles. The van der Waals surface area contributed by atoms with Crippen molar-refractivity contribution in [1.29, 1.82) is 0 Å². The van der Waals surface area contributed by atoms with E-state index in [0.717, 1.165) is 47.2 Å². The molecule has 1 aliphatic rings. The number of nitrogens with one attached hydrogen (secondary N) is 2. The Balaban J connectivity index is 1.32. The summed E-state index contributed by atoms with van der Waals surface area (Å²) in [5.41, 5.74) is 0.787. The Hall–Kier alpha value is -2.67. The highest BCUT2D eigenvalue weighted by Crippen LogP contribution is 2.27. The van der Waals surface area contributed by atoms with Crippen LogP contribution >= 0.6 is 11.3 Å². The van der Waals surface area contributed by atoms with Crippen LogP contribution in [0, 0.1) is 0 Å². The number of anilines is 2. The van der Waals surface area contributed by atoms with Gasteiger partial charge in [0.1, 0.15) is 5.82 Å². The summed E-state index contributed by atoms with van der Waals surface area (Å²) < 4.78 is 1.15. The maximum atomic E-state index is 12.7. The molecule has 1 saturated carbocycles. The lowest BCUT2D eigenvalue weighted by molar-refractivity contribution is 0.0928. The molecule has 4 rings (SSSR count). The van der Waals surface area contributed by atoms with Crippen LogP contribution in [-0.4, -0.2) is 42.1 Å². The van der Waals surface area contributed by atoms with Crippen molar-refractivity contribution in [3.05, 3.63) is 47.5 Å². The van der Waals surface area contributed by atoms with E-state index in [2.05, 4.69) is 26.7 Å². The van der Waals surface area contributed by atoms with Crippen LogP contribution in [0.15, 0.2) is 41.9 Å². The molecule has 0 radical (unpaired) electrons. The van der Waals surface area contributed by atoms with Crippen LogP contribution in [0.2, 0.25) is 0 Å². The van der Waals surface area contributed by atoms with Gasteiger partial charge < -0.3 is 15.5 Å². The number of aromatic nitrogens is 2. The van der Waals surface area contributed by atoms with Crippen LogP contribution < -0.4 is 15.5 Å². The number of thiophene rings is 1. The summed E-state index contributed by atoms with van der Waals surface area (Å²) in [5, 5.41) is 9.67. The third kappa shape index (κ3) is 4.09. The number of fused-ring (bicyclic) bond motifs is 1. The van der Waals surface area contributed by atoms with Gasteiger partial charge in [-0.3, -0.25) is 4.79 Å². The highest BCUT2D eigenvalue weighted by Gasteiger charge is 2.24. The molecule has 3 aromatic rings. The summed E-state index contributed by atoms with van der Waals surface area (Å²) in [6.45, 7) is 0. The molecule has 2 aromatic heterocycles. The van der Waals surface area contributed by atoms with E-state index in [0.29, 0.717) is 12.0 Å². The van der Waals surface area contributed by atoms with Crippen molar-refractivity contribution in [1.82, 2.24) is 15.3 Å². The van der Waals surface area contributed by atoms with Gasteiger partial charge in [0.2, 0.25) is 5.95 Å². The average Bonchev–Trinajstić information content (AvgIpc) is 3.14. The van der Waals surface area contributed by atoms with E-state index in [-0.39, 0.29) is 11.9 Å². The number of rotatable bonds is 5. The number of amides is 1. The number of carbonyl (C=O) groups is 1. The molecule has 7 heteroatoms. The van der Waals surface area contributed by atoms with Gasteiger partial charge in [-0.15, -0.1) is 11.3 Å². The smallest absolute Gasteiger partial charge is 0.252 e. The largest absolute Gasteiger partial charge is 0.363 e. The first-order valence-electron chi connectivity index (χ1n) is 9.64. The normalized spacial score (nSPS) is 19.4. The van der Waals surface area contributed by atoms with E-state index >= 15 is 0 Å². The Bertz CT molecular complexity index is 962. The fourth-order valence-corrected chi connectivity index (χ4v) is 4.59. The summed E-state index contributed by atoms with van der Waals surface area (Å²) in [7, 11) is 3.94. The molecule has 0 aliphatic heterocycles. The van der Waals surface area contributed by atoms with Crippen LogP contribution in [0.3, 0.4) is 0 Å². The molecule has 28 heavy (non-hydrogen) atoms. The zero-order valence-electron chi connectivity index (χ0n) is 16.2. The van der Waals surface area contributed by atoms with Gasteiger partial charge in [-0.25, -0.2) is 4.98 Å². The molecule has 0 unspecified atom stereocenters. The molecule has 1 amide bonds. The lowest BCUT2D eigenvalue weighted by atomic mass is 9.91. The molecule has 2 N–H and O–H groups in total. The second-order valence-corrected chi connectivity index (χ2v) is 8.36. The Morgan fingerprint density at radius 3 is 2.64 bits per heavy atom. The maximum absolute atomic E-state index is 12.7. The summed E-state index contributed by atoms with van der Waals surface area (Å²) in [5.74, 6) is 1.60. The minimum absolute atomic E-state index is 0.0378. The molecule has 1 aliphatic carbocycles. The molecule has 2 heterocycles. The van der Waals surface area contributed by atoms with Gasteiger partial charge in [-0.05, 0) is 37.8 Å². The topological polar surface area (TPSA) is 70.2 Å². The number of nitrogens with zero attached hydrogens (tertiary/aromatic N) is 3. The molecule has 0 spiro atoms. The van der Waals surface area contributed by atoms with E-state index in [1.807, 2.05) is 48.6 Å². The van der Waals surface area contributed by atoms with Crippen LogP contribution in [0.4, 0.5) is 11.8 Å². The van der Waals surface area contributed by atoms with Crippen molar-refractivity contribution in [3.63, 3.8) is 0 Å². The Morgan fingerprint density at radius 2 is 1.86 bits per heavy atom. The fraction of sp³-hybridized carbons (Fsp3) is 0.381. The van der Waals surface area contributed by atoms with E-state index < -0.39 is 0 Å². The first kappa shape index (κ1) is 18.7. The van der Waals surface area contributed by atoms with Gasteiger partial charge in [0.05, 0.1) is 5.56 Å². The zero-order valence-corrected chi connectivity index (χ0v) is 17.0. The highest BCUT2D eigenvalue weighted by atomic mass is 32.1. The standard InChI is InChI=1S/C21H25N5OS/c1-26(2)19-11-12-22-21(25-19)24-15-9-7-14(8-10-15)23-20(27)17-13-28-18-6-4-3-5-16(17)18/h3-6,11-15H,7-10H2,1-2H3,(H,23,27)(H,22,24,25). The molecule has 0 saturated heterocycles. The second-order valence-electron chi connectivity index (χ2n) is 7.44. The van der Waals surface area contributed by atoms with E-state index in [1.165, 1.54) is 0 Å². The molecular formula is C21H25N5OS. The van der Waals surface area contributed by atoms with Crippen molar-refractivity contribution in [2.45, 2.75) is 37.8 Å². The van der Waals surface area contributed by atoms with Gasteiger partial charge in [0.15, 0.2) is 0 Å². The van der Waals surface area contributed by atoms with Gasteiger partial charge in [0.25, 0.3) is 5.91 Å². The quantitative estimate of drug-likeness (QED) is 0.685. The molecule has 6 nitrogen and oxygen atoms in total. The first-order valence-corrected chi connectivity index (χ1v) is 10.5. The van der Waals surface area contributed by atoms with Crippen LogP contribution in [0.25, 0.3) is 10.1 Å². The van der Waals surface area contributed by atoms with Crippen molar-refractivity contribution in [2.75, 3.05) is 24.3 Å². The number of hydrogen-bond acceptors (Lipinski definition) is 6. The number of benzene rings is 1. The summed E-state index contributed by atoms with van der Waals surface area (Å²) in [6.07, 6.45) is 5.68. The lowest BCUT2D eigenvalue weighted by Gasteiger charge is -2.29. The fourth-order valence-electron chi connectivity index (χ4n) is 3.65. The van der Waals surface area contributed by atoms with Gasteiger partial charge in [0, 0.05) is 47.8 Å². The average molecular weight is 396 g/mol. The number of carbonyl (C=O) groups excluding carboxylic acids is 1. The predicted octanol–water partition coefficient (Wildman–Crippen LogP) is 3.91. The molecule has 0 atom stereocenters. The Kier molecular flexibility index (Phi) is 5.43. The van der Waals surface area contributed by atoms with Crippen molar-refractivity contribution in [3.8, 4) is 0 Å². The molecular weight excluding hydrogens is 370 g/mol. The molecule has 1 fully saturated rings. The monoisotopic (exact) mass is 395 g/mol. The maximum Gasteiger partial charge on any atom is 0.252 e. The zero-order chi connectivity index (χ0) is 19.5. The van der Waals surface area contributed by atoms with Crippen LogP contribution in [-0.2, 0) is 0 Å². The highest BCUT2D eigenvalue weighted by molar-refractivity contribution is 7.17. The van der Waals surface area contributed by atoms with Crippen molar-refractivity contribution < 1.29 is 4.79 Å². The summed E-state index contributed by atoms with van der Waals surface area (Å²) in [6, 6.07) is 10.5. The van der Waals surface area contributed by atoms with Crippen molar-refractivity contribution in [2.24, 2.45) is 0 Å². The predicted molar refractivity (Wildman–Crippen MR) is 115 cm³/mol. The summed E-state index contributed by atoms with van der Waals surface area (Å²) in [4.78, 5) is 23.5. The van der Waals surface area contributed by atoms with E-state index in [9.17, 15) is 4.79 Å². The minimum Gasteiger partial charge on any atom is -0.363 e. The third-order valence-corrected chi connectivity index (χ3v) is 6.18. The van der Waals surface area contributed by atoms with E-state index in [1.54, 1.807) is 17.5 Å². The van der Waals surface area contributed by atoms with Crippen LogP contribution in [0.1, 0.15) is 36.0 Å². The lowest BCUT2D eigenvalue weighted by Crippen LogP contribution is -2.40. The third-order valence-electron chi connectivity index (χ3n) is 5.22. The molecule has 146 valence electrons. The Labute approximate surface area is 169 Å². The van der Waals surface area contributed by atoms with Crippen molar-refractivity contribution >= 4 is 39.1 Å². The van der Waals surface area contributed by atoms with Gasteiger partial charge in [-0.1, -0.05) is 18.2 Å². The minimum atomic E-state index is 0.0378. The second kappa shape index (κ2) is 8.14. The summed E-state index contributed by atoms with van der Waals surface area (Å²) >= 11 is 1.62. The molecule has 0 bridgehead atoms. The van der Waals surface area contributed by atoms with E-state index in [4.69, 9.17) is 0 Å². The van der Waals surface area contributed by atoms with Gasteiger partial charge >= 0.3 is 0 Å².